The predicted octanol–water partition coefficient (Wildman–Crippen LogP) is 1.75. The Kier molecular flexibility index (Phi) is 7.49. The van der Waals surface area contributed by atoms with E-state index in [1.807, 2.05) is 0 Å². The molecule has 0 saturated heterocycles. The van der Waals surface area contributed by atoms with Gasteiger partial charge in [-0.15, -0.1) is 11.8 Å². The minimum Gasteiger partial charge on any atom is -0.464 e. The van der Waals surface area contributed by atoms with Crippen LogP contribution in [0.4, 0.5) is 5.69 Å². The highest BCUT2D eigenvalue weighted by Gasteiger charge is 2.34. The SMILES string of the molecule is CCOC(=O)C(NC(=O)CC1Sc2ccc(Cl)cc2NC1=O)C(=O)OCC. The van der Waals surface area contributed by atoms with Crippen LogP contribution in [0, 0.1) is 0 Å². The number of fused-ring (bicyclic) bond motifs is 1. The molecule has 1 aliphatic rings. The summed E-state index contributed by atoms with van der Waals surface area (Å²) in [6, 6.07) is 3.47. The van der Waals surface area contributed by atoms with Gasteiger partial charge in [-0.2, -0.15) is 0 Å². The Hall–Kier alpha value is -2.26. The fraction of sp³-hybridized carbons (Fsp3) is 0.412. The lowest BCUT2D eigenvalue weighted by Crippen LogP contribution is -2.49. The fourth-order valence-corrected chi connectivity index (χ4v) is 3.57. The number of thioether (sulfide) groups is 1. The molecule has 27 heavy (non-hydrogen) atoms. The summed E-state index contributed by atoms with van der Waals surface area (Å²) in [5.41, 5.74) is 0.574. The zero-order valence-corrected chi connectivity index (χ0v) is 16.3. The van der Waals surface area contributed by atoms with Crippen LogP contribution in [0.1, 0.15) is 20.3 Å². The van der Waals surface area contributed by atoms with E-state index >= 15 is 0 Å². The van der Waals surface area contributed by atoms with Crippen molar-refractivity contribution in [2.45, 2.75) is 36.5 Å². The van der Waals surface area contributed by atoms with Crippen LogP contribution < -0.4 is 10.6 Å². The molecule has 0 radical (unpaired) electrons. The maximum Gasteiger partial charge on any atom is 0.340 e. The van der Waals surface area contributed by atoms with E-state index in [-0.39, 0.29) is 25.5 Å². The number of anilines is 1. The molecule has 1 aliphatic heterocycles. The molecule has 0 fully saturated rings. The van der Waals surface area contributed by atoms with Crippen LogP contribution in [-0.4, -0.2) is 48.3 Å². The molecule has 2 amide bonds. The van der Waals surface area contributed by atoms with E-state index in [4.69, 9.17) is 21.1 Å². The largest absolute Gasteiger partial charge is 0.464 e. The van der Waals surface area contributed by atoms with Gasteiger partial charge >= 0.3 is 11.9 Å². The molecule has 2 rings (SSSR count). The first kappa shape index (κ1) is 21.0. The monoisotopic (exact) mass is 414 g/mol. The highest BCUT2D eigenvalue weighted by molar-refractivity contribution is 8.01. The smallest absolute Gasteiger partial charge is 0.340 e. The number of rotatable bonds is 7. The number of carbonyl (C=O) groups excluding carboxylic acids is 4. The fourth-order valence-electron chi connectivity index (χ4n) is 2.31. The molecule has 0 aliphatic carbocycles. The van der Waals surface area contributed by atoms with Crippen LogP contribution >= 0.6 is 23.4 Å². The van der Waals surface area contributed by atoms with Crippen LogP contribution in [0.2, 0.25) is 5.02 Å². The Balaban J connectivity index is 2.04. The number of amides is 2. The number of hydrogen-bond donors (Lipinski definition) is 2. The summed E-state index contributed by atoms with van der Waals surface area (Å²) >= 11 is 7.10. The second kappa shape index (κ2) is 9.61. The van der Waals surface area contributed by atoms with Crippen molar-refractivity contribution >= 4 is 52.8 Å². The van der Waals surface area contributed by atoms with Crippen molar-refractivity contribution < 1.29 is 28.7 Å². The molecule has 1 unspecified atom stereocenters. The van der Waals surface area contributed by atoms with E-state index in [1.54, 1.807) is 32.0 Å². The molecule has 0 aromatic heterocycles. The second-order valence-electron chi connectivity index (χ2n) is 5.44. The molecule has 0 bridgehead atoms. The number of halogens is 1. The number of benzene rings is 1. The van der Waals surface area contributed by atoms with E-state index in [9.17, 15) is 19.2 Å². The van der Waals surface area contributed by atoms with Crippen LogP contribution in [0.15, 0.2) is 23.1 Å². The highest BCUT2D eigenvalue weighted by Crippen LogP contribution is 2.38. The standard InChI is InChI=1S/C17H19ClN2O6S/c1-3-25-16(23)14(17(24)26-4-2)20-13(21)8-12-15(22)19-10-7-9(18)5-6-11(10)27-12/h5-7,12,14H,3-4,8H2,1-2H3,(H,19,22)(H,20,21). The molecule has 146 valence electrons. The topological polar surface area (TPSA) is 111 Å². The van der Waals surface area contributed by atoms with E-state index in [0.717, 1.165) is 4.90 Å². The van der Waals surface area contributed by atoms with Gasteiger partial charge in [-0.05, 0) is 32.0 Å². The Morgan fingerprint density at radius 3 is 2.44 bits per heavy atom. The molecule has 2 N–H and O–H groups in total. The van der Waals surface area contributed by atoms with Gasteiger partial charge in [0.05, 0.1) is 24.2 Å². The van der Waals surface area contributed by atoms with Crippen molar-refractivity contribution in [1.29, 1.82) is 0 Å². The minimum atomic E-state index is -1.57. The first-order chi connectivity index (χ1) is 12.8. The van der Waals surface area contributed by atoms with E-state index in [2.05, 4.69) is 10.6 Å². The maximum atomic E-state index is 12.3. The van der Waals surface area contributed by atoms with Gasteiger partial charge in [-0.25, -0.2) is 9.59 Å². The Labute approximate surface area is 165 Å². The van der Waals surface area contributed by atoms with Gasteiger partial charge in [0, 0.05) is 16.3 Å². The summed E-state index contributed by atoms with van der Waals surface area (Å²) in [7, 11) is 0. The number of nitrogens with one attached hydrogen (secondary N) is 2. The third-order valence-corrected chi connectivity index (χ3v) is 4.99. The summed E-state index contributed by atoms with van der Waals surface area (Å²) in [6.07, 6.45) is -0.228. The molecule has 10 heteroatoms. The minimum absolute atomic E-state index is 0.0465. The Morgan fingerprint density at radius 2 is 1.85 bits per heavy atom. The molecule has 8 nitrogen and oxygen atoms in total. The molecule has 1 aromatic carbocycles. The average molecular weight is 415 g/mol. The summed E-state index contributed by atoms with van der Waals surface area (Å²) in [6.45, 7) is 3.25. The third-order valence-electron chi connectivity index (χ3n) is 3.48. The quantitative estimate of drug-likeness (QED) is 0.516. The lowest BCUT2D eigenvalue weighted by molar-refractivity contribution is -0.159. The second-order valence-corrected chi connectivity index (χ2v) is 7.13. The van der Waals surface area contributed by atoms with Gasteiger partial charge in [0.15, 0.2) is 0 Å². The number of carbonyl (C=O) groups is 4. The molecule has 1 heterocycles. The summed E-state index contributed by atoms with van der Waals surface area (Å²) in [5.74, 6) is -2.84. The third kappa shape index (κ3) is 5.61. The van der Waals surface area contributed by atoms with Crippen LogP contribution in [0.3, 0.4) is 0 Å². The van der Waals surface area contributed by atoms with E-state index in [1.165, 1.54) is 11.8 Å². The number of hydrogen-bond acceptors (Lipinski definition) is 7. The van der Waals surface area contributed by atoms with Gasteiger partial charge in [-0.3, -0.25) is 9.59 Å². The van der Waals surface area contributed by atoms with Crippen LogP contribution in [-0.2, 0) is 28.7 Å². The molecular weight excluding hydrogens is 396 g/mol. The van der Waals surface area contributed by atoms with E-state index < -0.39 is 29.1 Å². The lowest BCUT2D eigenvalue weighted by Gasteiger charge is -2.24. The van der Waals surface area contributed by atoms with Gasteiger partial charge in [0.25, 0.3) is 0 Å². The van der Waals surface area contributed by atoms with Gasteiger partial charge < -0.3 is 20.1 Å². The van der Waals surface area contributed by atoms with Crippen LogP contribution in [0.5, 0.6) is 0 Å². The number of ether oxygens (including phenoxy) is 2. The Bertz CT molecular complexity index is 739. The summed E-state index contributed by atoms with van der Waals surface area (Å²) < 4.78 is 9.58. The summed E-state index contributed by atoms with van der Waals surface area (Å²) in [4.78, 5) is 49.1. The molecule has 1 aromatic rings. The van der Waals surface area contributed by atoms with Crippen LogP contribution in [0.25, 0.3) is 0 Å². The van der Waals surface area contributed by atoms with Gasteiger partial charge in [0.1, 0.15) is 0 Å². The normalized spacial score (nSPS) is 15.6. The molecule has 0 spiro atoms. The first-order valence-electron chi connectivity index (χ1n) is 8.25. The van der Waals surface area contributed by atoms with Crippen molar-refractivity contribution in [3.8, 4) is 0 Å². The average Bonchev–Trinajstić information content (AvgIpc) is 2.61. The van der Waals surface area contributed by atoms with E-state index in [0.29, 0.717) is 10.7 Å². The van der Waals surface area contributed by atoms with Gasteiger partial charge in [0.2, 0.25) is 17.9 Å². The number of esters is 2. The predicted molar refractivity (Wildman–Crippen MR) is 99.5 cm³/mol. The molecule has 1 atom stereocenters. The first-order valence-corrected chi connectivity index (χ1v) is 9.51. The van der Waals surface area contributed by atoms with Gasteiger partial charge in [-0.1, -0.05) is 11.6 Å². The van der Waals surface area contributed by atoms with Crippen molar-refractivity contribution in [2.24, 2.45) is 0 Å². The summed E-state index contributed by atoms with van der Waals surface area (Å²) in [5, 5.41) is 4.74. The zero-order valence-electron chi connectivity index (χ0n) is 14.7. The highest BCUT2D eigenvalue weighted by atomic mass is 35.5. The van der Waals surface area contributed by atoms with Crippen molar-refractivity contribution in [3.63, 3.8) is 0 Å². The Morgan fingerprint density at radius 1 is 1.22 bits per heavy atom. The van der Waals surface area contributed by atoms with Crippen molar-refractivity contribution in [2.75, 3.05) is 18.5 Å². The maximum absolute atomic E-state index is 12.3. The van der Waals surface area contributed by atoms with Crippen molar-refractivity contribution in [3.05, 3.63) is 23.2 Å². The molecule has 0 saturated carbocycles. The lowest BCUT2D eigenvalue weighted by atomic mass is 10.2. The zero-order chi connectivity index (χ0) is 20.0. The molecular formula is C17H19ClN2O6S. The van der Waals surface area contributed by atoms with Crippen molar-refractivity contribution in [1.82, 2.24) is 5.32 Å².